The molecule has 3 nitrogen and oxygen atoms in total. The Labute approximate surface area is 117 Å². The first kappa shape index (κ1) is 15.0. The summed E-state index contributed by atoms with van der Waals surface area (Å²) >= 11 is 3.12. The second-order valence-corrected chi connectivity index (χ2v) is 4.64. The number of hydrogen-bond acceptors (Lipinski definition) is 2. The smallest absolute Gasteiger partial charge is 0.230 e. The predicted molar refractivity (Wildman–Crippen MR) is 77.4 cm³/mol. The van der Waals surface area contributed by atoms with E-state index in [2.05, 4.69) is 28.2 Å². The zero-order valence-electron chi connectivity index (χ0n) is 10.7. The molecular weight excluding hydrogens is 294 g/mol. The van der Waals surface area contributed by atoms with Gasteiger partial charge in [0.2, 0.25) is 5.91 Å². The van der Waals surface area contributed by atoms with Gasteiger partial charge in [0.15, 0.2) is 0 Å². The molecule has 0 aliphatic heterocycles. The largest absolute Gasteiger partial charge is 0.494 e. The molecule has 4 heteroatoms. The van der Waals surface area contributed by atoms with Crippen molar-refractivity contribution in [2.24, 2.45) is 0 Å². The average molecular weight is 314 g/mol. The molecule has 18 heavy (non-hydrogen) atoms. The SMILES string of the molecule is CCCCOc1cccc(CCNC(=O)CBr)c1. The second-order valence-electron chi connectivity index (χ2n) is 4.08. The Balaban J connectivity index is 2.36. The third-order valence-corrected chi connectivity index (χ3v) is 3.03. The molecule has 0 radical (unpaired) electrons. The van der Waals surface area contributed by atoms with Crippen molar-refractivity contribution in [3.63, 3.8) is 0 Å². The first-order valence-electron chi connectivity index (χ1n) is 6.30. The molecule has 1 rings (SSSR count). The second kappa shape index (κ2) is 8.97. The summed E-state index contributed by atoms with van der Waals surface area (Å²) in [7, 11) is 0. The molecule has 1 aromatic carbocycles. The van der Waals surface area contributed by atoms with Crippen molar-refractivity contribution in [1.82, 2.24) is 5.32 Å². The molecule has 0 spiro atoms. The predicted octanol–water partition coefficient (Wildman–Crippen LogP) is 2.92. The van der Waals surface area contributed by atoms with Crippen LogP contribution in [-0.4, -0.2) is 24.4 Å². The van der Waals surface area contributed by atoms with Gasteiger partial charge in [0.25, 0.3) is 0 Å². The number of halogens is 1. The molecule has 100 valence electrons. The topological polar surface area (TPSA) is 38.3 Å². The lowest BCUT2D eigenvalue weighted by atomic mass is 10.1. The summed E-state index contributed by atoms with van der Waals surface area (Å²) in [5, 5.41) is 3.18. The van der Waals surface area contributed by atoms with Crippen LogP contribution in [0.1, 0.15) is 25.3 Å². The van der Waals surface area contributed by atoms with E-state index in [9.17, 15) is 4.79 Å². The van der Waals surface area contributed by atoms with E-state index in [0.717, 1.165) is 31.6 Å². The Kier molecular flexibility index (Phi) is 7.49. The van der Waals surface area contributed by atoms with E-state index < -0.39 is 0 Å². The van der Waals surface area contributed by atoms with Gasteiger partial charge in [0.1, 0.15) is 5.75 Å². The highest BCUT2D eigenvalue weighted by Gasteiger charge is 1.99. The number of alkyl halides is 1. The maximum atomic E-state index is 11.1. The molecular formula is C14H20BrNO2. The van der Waals surface area contributed by atoms with Crippen LogP contribution in [-0.2, 0) is 11.2 Å². The Bertz CT molecular complexity index is 369. The van der Waals surface area contributed by atoms with E-state index in [4.69, 9.17) is 4.74 Å². The van der Waals surface area contributed by atoms with Gasteiger partial charge in [-0.2, -0.15) is 0 Å². The maximum absolute atomic E-state index is 11.1. The summed E-state index contributed by atoms with van der Waals surface area (Å²) in [6.45, 7) is 3.56. The number of unbranched alkanes of at least 4 members (excludes halogenated alkanes) is 1. The first-order valence-corrected chi connectivity index (χ1v) is 7.42. The van der Waals surface area contributed by atoms with Crippen LogP contribution in [0.15, 0.2) is 24.3 Å². The Morgan fingerprint density at radius 1 is 1.44 bits per heavy atom. The molecule has 1 amide bonds. The Hall–Kier alpha value is -1.03. The molecule has 0 fully saturated rings. The highest BCUT2D eigenvalue weighted by atomic mass is 79.9. The minimum absolute atomic E-state index is 0.0188. The monoisotopic (exact) mass is 313 g/mol. The molecule has 0 aliphatic rings. The summed E-state index contributed by atoms with van der Waals surface area (Å²) in [5.41, 5.74) is 1.18. The molecule has 0 saturated heterocycles. The molecule has 0 aliphatic carbocycles. The fraction of sp³-hybridized carbons (Fsp3) is 0.500. The molecule has 0 bridgehead atoms. The van der Waals surface area contributed by atoms with Gasteiger partial charge in [-0.3, -0.25) is 4.79 Å². The Morgan fingerprint density at radius 2 is 2.28 bits per heavy atom. The van der Waals surface area contributed by atoms with Crippen molar-refractivity contribution in [3.05, 3.63) is 29.8 Å². The number of rotatable bonds is 8. The number of nitrogens with one attached hydrogen (secondary N) is 1. The van der Waals surface area contributed by atoms with Gasteiger partial charge in [-0.1, -0.05) is 41.4 Å². The van der Waals surface area contributed by atoms with Crippen LogP contribution in [0, 0.1) is 0 Å². The first-order chi connectivity index (χ1) is 8.76. The van der Waals surface area contributed by atoms with Crippen LogP contribution in [0.4, 0.5) is 0 Å². The number of carbonyl (C=O) groups is 1. The van der Waals surface area contributed by atoms with Crippen LogP contribution in [0.2, 0.25) is 0 Å². The fourth-order valence-corrected chi connectivity index (χ4v) is 1.72. The molecule has 0 unspecified atom stereocenters. The molecule has 1 N–H and O–H groups in total. The van der Waals surface area contributed by atoms with Crippen molar-refractivity contribution >= 4 is 21.8 Å². The summed E-state index contributed by atoms with van der Waals surface area (Å²) in [5.74, 6) is 0.929. The number of benzene rings is 1. The maximum Gasteiger partial charge on any atom is 0.230 e. The van der Waals surface area contributed by atoms with Crippen molar-refractivity contribution in [2.75, 3.05) is 18.5 Å². The van der Waals surface area contributed by atoms with Gasteiger partial charge in [-0.25, -0.2) is 0 Å². The third kappa shape index (κ3) is 6.05. The lowest BCUT2D eigenvalue weighted by Crippen LogP contribution is -2.26. The molecule has 1 aromatic rings. The van der Waals surface area contributed by atoms with Gasteiger partial charge in [0, 0.05) is 6.54 Å². The molecule has 0 saturated carbocycles. The summed E-state index contributed by atoms with van der Waals surface area (Å²) in [6.07, 6.45) is 3.04. The highest BCUT2D eigenvalue weighted by molar-refractivity contribution is 9.09. The average Bonchev–Trinajstić information content (AvgIpc) is 2.39. The van der Waals surface area contributed by atoms with Gasteiger partial charge < -0.3 is 10.1 Å². The normalized spacial score (nSPS) is 10.1. The highest BCUT2D eigenvalue weighted by Crippen LogP contribution is 2.14. The molecule has 0 aromatic heterocycles. The van der Waals surface area contributed by atoms with Crippen molar-refractivity contribution in [3.8, 4) is 5.75 Å². The number of ether oxygens (including phenoxy) is 1. The lowest BCUT2D eigenvalue weighted by molar-refractivity contribution is -0.118. The van der Waals surface area contributed by atoms with E-state index in [1.807, 2.05) is 24.3 Å². The minimum atomic E-state index is 0.0188. The van der Waals surface area contributed by atoms with Crippen LogP contribution in [0.3, 0.4) is 0 Å². The van der Waals surface area contributed by atoms with Crippen molar-refractivity contribution in [2.45, 2.75) is 26.2 Å². The van der Waals surface area contributed by atoms with E-state index in [1.165, 1.54) is 5.56 Å². The summed E-state index contributed by atoms with van der Waals surface area (Å²) < 4.78 is 5.64. The zero-order valence-corrected chi connectivity index (χ0v) is 12.3. The standard InChI is InChI=1S/C14H20BrNO2/c1-2-3-9-18-13-6-4-5-12(10-13)7-8-16-14(17)11-15/h4-6,10H,2-3,7-9,11H2,1H3,(H,16,17). The zero-order chi connectivity index (χ0) is 13.2. The Morgan fingerprint density at radius 3 is 3.00 bits per heavy atom. The number of amides is 1. The quantitative estimate of drug-likeness (QED) is 0.592. The molecule has 0 atom stereocenters. The summed E-state index contributed by atoms with van der Waals surface area (Å²) in [4.78, 5) is 11.1. The van der Waals surface area contributed by atoms with Crippen LogP contribution in [0.5, 0.6) is 5.75 Å². The van der Waals surface area contributed by atoms with Gasteiger partial charge >= 0.3 is 0 Å². The summed E-state index contributed by atoms with van der Waals surface area (Å²) in [6, 6.07) is 8.04. The van der Waals surface area contributed by atoms with Crippen molar-refractivity contribution < 1.29 is 9.53 Å². The molecule has 0 heterocycles. The van der Waals surface area contributed by atoms with Crippen LogP contribution < -0.4 is 10.1 Å². The van der Waals surface area contributed by atoms with Crippen molar-refractivity contribution in [1.29, 1.82) is 0 Å². The van der Waals surface area contributed by atoms with E-state index >= 15 is 0 Å². The van der Waals surface area contributed by atoms with E-state index in [1.54, 1.807) is 0 Å². The van der Waals surface area contributed by atoms with E-state index in [0.29, 0.717) is 11.9 Å². The minimum Gasteiger partial charge on any atom is -0.494 e. The van der Waals surface area contributed by atoms with Gasteiger partial charge in [-0.05, 0) is 30.5 Å². The van der Waals surface area contributed by atoms with Gasteiger partial charge in [0.05, 0.1) is 11.9 Å². The fourth-order valence-electron chi connectivity index (χ4n) is 1.52. The van der Waals surface area contributed by atoms with E-state index in [-0.39, 0.29) is 5.91 Å². The number of carbonyl (C=O) groups excluding carboxylic acids is 1. The lowest BCUT2D eigenvalue weighted by Gasteiger charge is -2.08. The number of hydrogen-bond donors (Lipinski definition) is 1. The third-order valence-electron chi connectivity index (χ3n) is 2.52. The van der Waals surface area contributed by atoms with Gasteiger partial charge in [-0.15, -0.1) is 0 Å². The van der Waals surface area contributed by atoms with Crippen LogP contribution >= 0.6 is 15.9 Å². The van der Waals surface area contributed by atoms with Crippen LogP contribution in [0.25, 0.3) is 0 Å².